The third-order valence-corrected chi connectivity index (χ3v) is 14.0. The van der Waals surface area contributed by atoms with Crippen LogP contribution in [-0.2, 0) is 10.8 Å². The van der Waals surface area contributed by atoms with E-state index in [9.17, 15) is 0 Å². The summed E-state index contributed by atoms with van der Waals surface area (Å²) in [6, 6.07) is 55.3. The molecular weight excluding hydrogens is 709 g/mol. The van der Waals surface area contributed by atoms with E-state index in [1.807, 2.05) is 11.3 Å². The Morgan fingerprint density at radius 3 is 1.89 bits per heavy atom. The lowest BCUT2D eigenvalue weighted by Crippen LogP contribution is -2.59. The Bertz CT molecular complexity index is 3310. The molecule has 7 aromatic carbocycles. The summed E-state index contributed by atoms with van der Waals surface area (Å²) in [6.07, 6.45) is 0. The molecule has 0 fully saturated rings. The van der Waals surface area contributed by atoms with E-state index < -0.39 is 0 Å². The van der Waals surface area contributed by atoms with Crippen molar-refractivity contribution in [3.63, 3.8) is 0 Å². The van der Waals surface area contributed by atoms with Crippen LogP contribution < -0.4 is 20.6 Å². The fourth-order valence-corrected chi connectivity index (χ4v) is 11.3. The van der Waals surface area contributed by atoms with Gasteiger partial charge >= 0.3 is 0 Å². The number of fused-ring (bicyclic) bond motifs is 12. The molecule has 0 saturated heterocycles. The molecule has 0 N–H and O–H groups in total. The predicted octanol–water partition coefficient (Wildman–Crippen LogP) is 12.3. The second-order valence-corrected chi connectivity index (χ2v) is 19.3. The predicted molar refractivity (Wildman–Crippen MR) is 247 cm³/mol. The number of rotatable bonds is 2. The molecule has 0 spiro atoms. The second-order valence-electron chi connectivity index (χ2n) is 18.2. The van der Waals surface area contributed by atoms with Gasteiger partial charge in [0.15, 0.2) is 0 Å². The lowest BCUT2D eigenvalue weighted by Gasteiger charge is -2.39. The average Bonchev–Trinajstić information content (AvgIpc) is 3.86. The van der Waals surface area contributed by atoms with Gasteiger partial charge in [0.05, 0.1) is 22.2 Å². The molecule has 0 bridgehead atoms. The molecule has 12 rings (SSSR count). The molecule has 274 valence electrons. The van der Waals surface area contributed by atoms with Crippen LogP contribution in [0.1, 0.15) is 52.7 Å². The number of hydrogen-bond acceptors (Lipinski definition) is 2. The lowest BCUT2D eigenvalue weighted by atomic mass is 9.36. The van der Waals surface area contributed by atoms with Crippen molar-refractivity contribution in [2.75, 3.05) is 4.90 Å². The molecule has 3 aromatic heterocycles. The van der Waals surface area contributed by atoms with Gasteiger partial charge in [0, 0.05) is 64.7 Å². The summed E-state index contributed by atoms with van der Waals surface area (Å²) in [5.41, 5.74) is 16.9. The molecular formula is C52H42BN3S. The van der Waals surface area contributed by atoms with Gasteiger partial charge in [0.25, 0.3) is 6.71 Å². The molecule has 5 heteroatoms. The van der Waals surface area contributed by atoms with Gasteiger partial charge < -0.3 is 14.0 Å². The maximum Gasteiger partial charge on any atom is 0.264 e. The highest BCUT2D eigenvalue weighted by atomic mass is 32.1. The minimum atomic E-state index is 0.0379. The zero-order valence-electron chi connectivity index (χ0n) is 33.2. The van der Waals surface area contributed by atoms with E-state index >= 15 is 0 Å². The number of benzene rings is 7. The summed E-state index contributed by atoms with van der Waals surface area (Å²) in [7, 11) is 0. The largest absolute Gasteiger partial charge is 0.310 e. The van der Waals surface area contributed by atoms with Crippen LogP contribution in [0.15, 0.2) is 146 Å². The fraction of sp³-hybridized carbons (Fsp3) is 0.154. The molecule has 0 unspecified atom stereocenters. The molecule has 3 nitrogen and oxygen atoms in total. The first kappa shape index (κ1) is 33.1. The molecule has 10 aromatic rings. The molecule has 0 atom stereocenters. The van der Waals surface area contributed by atoms with Crippen molar-refractivity contribution in [3.8, 4) is 11.4 Å². The Kier molecular flexibility index (Phi) is 6.57. The summed E-state index contributed by atoms with van der Waals surface area (Å²) in [6.45, 7) is 14.0. The number of anilines is 3. The molecule has 2 aliphatic rings. The number of hydrogen-bond donors (Lipinski definition) is 0. The number of para-hydroxylation sites is 3. The highest BCUT2D eigenvalue weighted by molar-refractivity contribution is 7.33. The van der Waals surface area contributed by atoms with Crippen LogP contribution in [0.25, 0.3) is 65.1 Å². The van der Waals surface area contributed by atoms with E-state index in [4.69, 9.17) is 0 Å². The first-order chi connectivity index (χ1) is 27.6. The van der Waals surface area contributed by atoms with E-state index in [1.165, 1.54) is 109 Å². The summed E-state index contributed by atoms with van der Waals surface area (Å²) in [5, 5.41) is 6.48. The van der Waals surface area contributed by atoms with Gasteiger partial charge in [-0.1, -0.05) is 120 Å². The van der Waals surface area contributed by atoms with Gasteiger partial charge in [0.1, 0.15) is 0 Å². The molecule has 0 aliphatic carbocycles. The fourth-order valence-electron chi connectivity index (χ4n) is 10.0. The molecule has 57 heavy (non-hydrogen) atoms. The van der Waals surface area contributed by atoms with Crippen molar-refractivity contribution < 1.29 is 0 Å². The van der Waals surface area contributed by atoms with Crippen LogP contribution in [0.5, 0.6) is 0 Å². The smallest absolute Gasteiger partial charge is 0.264 e. The molecule has 0 radical (unpaired) electrons. The summed E-state index contributed by atoms with van der Waals surface area (Å²) in [4.78, 5) is 2.59. The average molecular weight is 752 g/mol. The van der Waals surface area contributed by atoms with Crippen molar-refractivity contribution in [1.82, 2.24) is 9.13 Å². The third kappa shape index (κ3) is 4.49. The van der Waals surface area contributed by atoms with E-state index in [0.717, 1.165) is 0 Å². The molecule has 5 heterocycles. The van der Waals surface area contributed by atoms with E-state index in [1.54, 1.807) is 0 Å². The van der Waals surface area contributed by atoms with Crippen molar-refractivity contribution in [3.05, 3.63) is 157 Å². The van der Waals surface area contributed by atoms with Gasteiger partial charge in [-0.2, -0.15) is 0 Å². The van der Waals surface area contributed by atoms with Crippen molar-refractivity contribution in [1.29, 1.82) is 0 Å². The Labute approximate surface area is 337 Å². The van der Waals surface area contributed by atoms with E-state index in [-0.39, 0.29) is 17.5 Å². The van der Waals surface area contributed by atoms with Gasteiger partial charge in [0.2, 0.25) is 0 Å². The monoisotopic (exact) mass is 751 g/mol. The first-order valence-electron chi connectivity index (χ1n) is 20.2. The van der Waals surface area contributed by atoms with Crippen LogP contribution in [-0.4, -0.2) is 15.8 Å². The summed E-state index contributed by atoms with van der Waals surface area (Å²) in [5.74, 6) is 0. The maximum absolute atomic E-state index is 2.60. The third-order valence-electron chi connectivity index (χ3n) is 12.8. The van der Waals surface area contributed by atoms with Crippen molar-refractivity contribution in [2.24, 2.45) is 0 Å². The Balaban J connectivity index is 1.20. The number of aromatic nitrogens is 2. The van der Waals surface area contributed by atoms with Crippen LogP contribution >= 0.6 is 11.3 Å². The minimum Gasteiger partial charge on any atom is -0.310 e. The van der Waals surface area contributed by atoms with Crippen LogP contribution in [0.3, 0.4) is 0 Å². The Morgan fingerprint density at radius 1 is 0.474 bits per heavy atom. The summed E-state index contributed by atoms with van der Waals surface area (Å²) < 4.78 is 7.80. The van der Waals surface area contributed by atoms with E-state index in [2.05, 4.69) is 201 Å². The molecule has 2 aliphatic heterocycles. The Hall–Kier alpha value is -6.04. The van der Waals surface area contributed by atoms with Crippen molar-refractivity contribution in [2.45, 2.75) is 52.4 Å². The van der Waals surface area contributed by atoms with Crippen LogP contribution in [0.4, 0.5) is 17.1 Å². The summed E-state index contributed by atoms with van der Waals surface area (Å²) >= 11 is 1.98. The van der Waals surface area contributed by atoms with Crippen LogP contribution in [0.2, 0.25) is 0 Å². The topological polar surface area (TPSA) is 13.1 Å². The first-order valence-corrected chi connectivity index (χ1v) is 21.0. The SMILES string of the molecule is CC(C)(C)c1ccc(N2c3cccc4c3B(c3sc5ccc(C(C)(C)C)cc5c32)c2cccc3c5cc6c(cc5n-4c23)c2ccccc2n6-c2ccccc2)cc1. The zero-order valence-corrected chi connectivity index (χ0v) is 34.0. The molecule has 0 saturated carbocycles. The lowest BCUT2D eigenvalue weighted by molar-refractivity contribution is 0.590. The van der Waals surface area contributed by atoms with Gasteiger partial charge in [-0.05, 0) is 99.6 Å². The number of nitrogens with zero attached hydrogens (tertiary/aromatic N) is 3. The van der Waals surface area contributed by atoms with Gasteiger partial charge in [-0.3, -0.25) is 0 Å². The van der Waals surface area contributed by atoms with Gasteiger partial charge in [-0.15, -0.1) is 11.3 Å². The highest BCUT2D eigenvalue weighted by Gasteiger charge is 2.44. The van der Waals surface area contributed by atoms with Gasteiger partial charge in [-0.25, -0.2) is 0 Å². The highest BCUT2D eigenvalue weighted by Crippen LogP contribution is 2.47. The standard InChI is InChI=1S/C52H42BN3S/c1-51(2,3)31-22-25-34(26-23-31)55-42-20-13-21-43-47(42)53(50-49(55)39-28-32(52(4,5)6)24-27-46(39)57-50)40-18-12-17-36-38-30-44-37(29-45(38)56(43)48(36)40)35-16-10-11-19-41(35)54(44)33-14-8-7-9-15-33/h7-30H,1-6H3. The normalized spacial score (nSPS) is 13.7. The van der Waals surface area contributed by atoms with Crippen LogP contribution in [0, 0.1) is 0 Å². The van der Waals surface area contributed by atoms with Crippen molar-refractivity contribution >= 4 is 105 Å². The molecule has 0 amide bonds. The maximum atomic E-state index is 2.60. The second kappa shape index (κ2) is 11.3. The van der Waals surface area contributed by atoms with E-state index in [0.29, 0.717) is 0 Å². The number of thiophene rings is 1. The minimum absolute atomic E-state index is 0.0379. The quantitative estimate of drug-likeness (QED) is 0.160. The zero-order chi connectivity index (χ0) is 38.5. The Morgan fingerprint density at radius 2 is 1.12 bits per heavy atom.